The Balaban J connectivity index is 1.79. The van der Waals surface area contributed by atoms with E-state index in [9.17, 15) is 18.0 Å². The van der Waals surface area contributed by atoms with Crippen molar-refractivity contribution in [3.05, 3.63) is 59.1 Å². The highest BCUT2D eigenvalue weighted by Crippen LogP contribution is 2.41. The quantitative estimate of drug-likeness (QED) is 0.735. The number of anilines is 1. The van der Waals surface area contributed by atoms with Gasteiger partial charge < -0.3 is 15.0 Å². The number of hydrogen-bond acceptors (Lipinski definition) is 3. The zero-order chi connectivity index (χ0) is 18.7. The molecule has 138 valence electrons. The van der Waals surface area contributed by atoms with E-state index >= 15 is 0 Å². The molecule has 1 aliphatic heterocycles. The summed E-state index contributed by atoms with van der Waals surface area (Å²) in [5.74, 6) is 0.235. The van der Waals surface area contributed by atoms with E-state index in [4.69, 9.17) is 11.6 Å². The van der Waals surface area contributed by atoms with Crippen LogP contribution in [0.2, 0.25) is 5.02 Å². The molecule has 0 spiro atoms. The van der Waals surface area contributed by atoms with Crippen LogP contribution >= 0.6 is 23.4 Å². The van der Waals surface area contributed by atoms with Gasteiger partial charge in [-0.1, -0.05) is 41.9 Å². The fraction of sp³-hybridized carbons (Fsp3) is 0.235. The fourth-order valence-electron chi connectivity index (χ4n) is 2.58. The Morgan fingerprint density at radius 2 is 1.88 bits per heavy atom. The Bertz CT molecular complexity index is 804. The van der Waals surface area contributed by atoms with Gasteiger partial charge in [-0.3, -0.25) is 0 Å². The van der Waals surface area contributed by atoms with Crippen molar-refractivity contribution in [1.82, 2.24) is 4.90 Å². The Labute approximate surface area is 157 Å². The summed E-state index contributed by atoms with van der Waals surface area (Å²) in [6.45, 7) is 0.453. The number of benzene rings is 2. The van der Waals surface area contributed by atoms with E-state index in [0.717, 1.165) is 11.6 Å². The molecule has 4 nitrogen and oxygen atoms in total. The lowest BCUT2D eigenvalue weighted by Gasteiger charge is -2.25. The van der Waals surface area contributed by atoms with Crippen molar-refractivity contribution in [2.24, 2.45) is 0 Å². The lowest BCUT2D eigenvalue weighted by atomic mass is 10.2. The number of rotatable bonds is 3. The van der Waals surface area contributed by atoms with E-state index in [0.29, 0.717) is 17.3 Å². The highest BCUT2D eigenvalue weighted by atomic mass is 35.5. The van der Waals surface area contributed by atoms with E-state index in [2.05, 4.69) is 10.1 Å². The summed E-state index contributed by atoms with van der Waals surface area (Å²) in [6.07, 6.45) is -4.84. The van der Waals surface area contributed by atoms with Gasteiger partial charge in [0.05, 0.1) is 5.69 Å². The summed E-state index contributed by atoms with van der Waals surface area (Å²) >= 11 is 7.76. The number of nitrogens with zero attached hydrogens (tertiary/aromatic N) is 1. The smallest absolute Gasteiger partial charge is 0.404 e. The van der Waals surface area contributed by atoms with Crippen LogP contribution < -0.4 is 10.1 Å². The summed E-state index contributed by atoms with van der Waals surface area (Å²) in [5.41, 5.74) is 0.733. The first-order valence-electron chi connectivity index (χ1n) is 7.63. The Hall–Kier alpha value is -2.06. The van der Waals surface area contributed by atoms with Gasteiger partial charge in [-0.15, -0.1) is 24.9 Å². The molecule has 0 saturated carbocycles. The van der Waals surface area contributed by atoms with Gasteiger partial charge in [0.1, 0.15) is 5.37 Å². The number of carbonyl (C=O) groups excluding carboxylic acids is 1. The molecule has 3 rings (SSSR count). The van der Waals surface area contributed by atoms with Crippen molar-refractivity contribution in [1.29, 1.82) is 0 Å². The summed E-state index contributed by atoms with van der Waals surface area (Å²) in [4.78, 5) is 14.2. The van der Waals surface area contributed by atoms with Gasteiger partial charge in [0, 0.05) is 22.9 Å². The third-order valence-electron chi connectivity index (χ3n) is 3.68. The molecule has 1 atom stereocenters. The lowest BCUT2D eigenvalue weighted by Crippen LogP contribution is -2.34. The molecule has 9 heteroatoms. The van der Waals surface area contributed by atoms with E-state index in [1.807, 2.05) is 12.1 Å². The highest BCUT2D eigenvalue weighted by molar-refractivity contribution is 7.99. The van der Waals surface area contributed by atoms with Crippen molar-refractivity contribution in [3.63, 3.8) is 0 Å². The van der Waals surface area contributed by atoms with Crippen molar-refractivity contribution in [2.75, 3.05) is 17.6 Å². The minimum Gasteiger partial charge on any atom is -0.404 e. The summed E-state index contributed by atoms with van der Waals surface area (Å²) in [7, 11) is 0. The van der Waals surface area contributed by atoms with Crippen LogP contribution in [0.25, 0.3) is 0 Å². The zero-order valence-electron chi connectivity index (χ0n) is 13.3. The van der Waals surface area contributed by atoms with Crippen molar-refractivity contribution in [3.8, 4) is 5.75 Å². The summed E-state index contributed by atoms with van der Waals surface area (Å²) in [5, 5.41) is 2.73. The normalized spacial score (nSPS) is 17.2. The number of para-hydroxylation sites is 2. The van der Waals surface area contributed by atoms with Crippen LogP contribution in [0.4, 0.5) is 23.7 Å². The van der Waals surface area contributed by atoms with Crippen LogP contribution in [0.1, 0.15) is 10.9 Å². The van der Waals surface area contributed by atoms with Gasteiger partial charge in [0.15, 0.2) is 5.75 Å². The van der Waals surface area contributed by atoms with E-state index in [1.54, 1.807) is 23.9 Å². The number of amides is 2. The van der Waals surface area contributed by atoms with Gasteiger partial charge in [0.2, 0.25) is 0 Å². The fourth-order valence-corrected chi connectivity index (χ4v) is 4.18. The van der Waals surface area contributed by atoms with Gasteiger partial charge in [0.25, 0.3) is 0 Å². The van der Waals surface area contributed by atoms with Crippen LogP contribution in [-0.4, -0.2) is 29.6 Å². The minimum absolute atomic E-state index is 0.0513. The molecule has 26 heavy (non-hydrogen) atoms. The number of thioether (sulfide) groups is 1. The SMILES string of the molecule is O=C(Nc1ccccc1OC(F)(F)F)N1CCSC1c1ccccc1Cl. The standard InChI is InChI=1S/C17H14ClF3N2O2S/c18-12-6-2-1-5-11(12)15-23(9-10-26-15)16(24)22-13-7-3-4-8-14(13)25-17(19,20)21/h1-8,15H,9-10H2,(H,22,24). The monoisotopic (exact) mass is 402 g/mol. The Morgan fingerprint density at radius 1 is 1.19 bits per heavy atom. The van der Waals surface area contributed by atoms with Crippen molar-refractivity contribution < 1.29 is 22.7 Å². The number of alkyl halides is 3. The predicted molar refractivity (Wildman–Crippen MR) is 95.5 cm³/mol. The third-order valence-corrected chi connectivity index (χ3v) is 5.26. The van der Waals surface area contributed by atoms with Crippen LogP contribution in [0.3, 0.4) is 0 Å². The summed E-state index contributed by atoms with van der Waals surface area (Å²) in [6, 6.07) is 12.1. The van der Waals surface area contributed by atoms with Crippen molar-refractivity contribution in [2.45, 2.75) is 11.7 Å². The lowest BCUT2D eigenvalue weighted by molar-refractivity contribution is -0.274. The first-order chi connectivity index (χ1) is 12.3. The molecule has 0 aromatic heterocycles. The number of nitrogens with one attached hydrogen (secondary N) is 1. The molecule has 1 N–H and O–H groups in total. The zero-order valence-corrected chi connectivity index (χ0v) is 14.9. The largest absolute Gasteiger partial charge is 0.573 e. The number of urea groups is 1. The van der Waals surface area contributed by atoms with E-state index in [1.165, 1.54) is 23.1 Å². The van der Waals surface area contributed by atoms with Gasteiger partial charge in [-0.2, -0.15) is 0 Å². The highest BCUT2D eigenvalue weighted by Gasteiger charge is 2.34. The summed E-state index contributed by atoms with van der Waals surface area (Å²) < 4.78 is 41.5. The molecule has 2 aromatic carbocycles. The average Bonchev–Trinajstić information content (AvgIpc) is 3.05. The molecular formula is C17H14ClF3N2O2S. The van der Waals surface area contributed by atoms with Crippen LogP contribution in [0.15, 0.2) is 48.5 Å². The van der Waals surface area contributed by atoms with Crippen LogP contribution in [-0.2, 0) is 0 Å². The third kappa shape index (κ3) is 4.37. The first-order valence-corrected chi connectivity index (χ1v) is 9.06. The molecule has 0 aliphatic carbocycles. The second kappa shape index (κ2) is 7.67. The number of ether oxygens (including phenoxy) is 1. The number of hydrogen-bond donors (Lipinski definition) is 1. The molecule has 1 aliphatic rings. The molecule has 0 bridgehead atoms. The molecule has 2 aromatic rings. The maximum absolute atomic E-state index is 12.6. The molecule has 1 fully saturated rings. The molecular weight excluding hydrogens is 389 g/mol. The maximum Gasteiger partial charge on any atom is 0.573 e. The topological polar surface area (TPSA) is 41.6 Å². The molecule has 1 saturated heterocycles. The van der Waals surface area contributed by atoms with Gasteiger partial charge in [-0.25, -0.2) is 4.79 Å². The second-order valence-corrected chi connectivity index (χ2v) is 7.01. The van der Waals surface area contributed by atoms with Gasteiger partial charge in [-0.05, 0) is 18.2 Å². The van der Waals surface area contributed by atoms with Gasteiger partial charge >= 0.3 is 12.4 Å². The second-order valence-electron chi connectivity index (χ2n) is 5.41. The molecule has 2 amide bonds. The van der Waals surface area contributed by atoms with E-state index < -0.39 is 18.1 Å². The Kier molecular flexibility index (Phi) is 5.52. The first kappa shape index (κ1) is 18.7. The number of carbonyl (C=O) groups is 1. The molecule has 1 unspecified atom stereocenters. The minimum atomic E-state index is -4.84. The Morgan fingerprint density at radius 3 is 2.62 bits per heavy atom. The van der Waals surface area contributed by atoms with Crippen LogP contribution in [0.5, 0.6) is 5.75 Å². The average molecular weight is 403 g/mol. The number of halogens is 4. The van der Waals surface area contributed by atoms with Crippen LogP contribution in [0, 0.1) is 0 Å². The van der Waals surface area contributed by atoms with E-state index in [-0.39, 0.29) is 11.1 Å². The maximum atomic E-state index is 12.6. The molecule has 1 heterocycles. The van der Waals surface area contributed by atoms with Crippen molar-refractivity contribution >= 4 is 35.1 Å². The predicted octanol–water partition coefficient (Wildman–Crippen LogP) is 5.52. The molecule has 0 radical (unpaired) electrons.